The van der Waals surface area contributed by atoms with E-state index in [1.165, 1.54) is 35.1 Å². The second-order valence-corrected chi connectivity index (χ2v) is 5.71. The summed E-state index contributed by atoms with van der Waals surface area (Å²) in [6, 6.07) is 5.11. The van der Waals surface area contributed by atoms with Crippen LogP contribution in [0.4, 0.5) is 0 Å². The lowest BCUT2D eigenvalue weighted by molar-refractivity contribution is 0.487. The number of hydrogen-bond acceptors (Lipinski definition) is 1. The Balaban J connectivity index is 1.97. The molecule has 0 aromatic heterocycles. The van der Waals surface area contributed by atoms with Gasteiger partial charge in [0, 0.05) is 19.6 Å². The van der Waals surface area contributed by atoms with E-state index in [1.807, 2.05) is 7.05 Å². The standard InChI is InChI=1S/C16H25N3/c1-11-9-12(2)15(13(3)10-11)7-8-18-16(17)19(4)14-5-6-14/h9-10,14H,5-8H2,1-4H3,(H2,17,18). The van der Waals surface area contributed by atoms with Gasteiger partial charge in [0.05, 0.1) is 0 Å². The molecule has 0 bridgehead atoms. The molecule has 104 valence electrons. The first kappa shape index (κ1) is 13.9. The first-order valence-corrected chi connectivity index (χ1v) is 7.08. The predicted octanol–water partition coefficient (Wildman–Crippen LogP) is 2.56. The van der Waals surface area contributed by atoms with Gasteiger partial charge in [-0.25, -0.2) is 0 Å². The topological polar surface area (TPSA) is 41.6 Å². The van der Waals surface area contributed by atoms with E-state index in [2.05, 4.69) is 42.8 Å². The molecule has 0 amide bonds. The Kier molecular flexibility index (Phi) is 4.13. The van der Waals surface area contributed by atoms with E-state index in [-0.39, 0.29) is 0 Å². The average Bonchev–Trinajstić information content (AvgIpc) is 3.15. The van der Waals surface area contributed by atoms with Crippen LogP contribution in [0.1, 0.15) is 35.1 Å². The van der Waals surface area contributed by atoms with Crippen LogP contribution in [0, 0.1) is 20.8 Å². The fourth-order valence-electron chi connectivity index (χ4n) is 2.65. The van der Waals surface area contributed by atoms with Crippen molar-refractivity contribution in [3.8, 4) is 0 Å². The second-order valence-electron chi connectivity index (χ2n) is 5.71. The molecule has 1 aliphatic rings. The molecular weight excluding hydrogens is 234 g/mol. The van der Waals surface area contributed by atoms with E-state index in [0.29, 0.717) is 12.0 Å². The lowest BCUT2D eigenvalue weighted by Crippen LogP contribution is -2.35. The number of benzene rings is 1. The minimum Gasteiger partial charge on any atom is -0.370 e. The number of aliphatic imine (C=N–C) groups is 1. The Morgan fingerprint density at radius 2 is 1.84 bits per heavy atom. The maximum absolute atomic E-state index is 6.00. The molecule has 1 aromatic carbocycles. The summed E-state index contributed by atoms with van der Waals surface area (Å²) in [6.45, 7) is 7.27. The van der Waals surface area contributed by atoms with Crippen LogP contribution in [0.25, 0.3) is 0 Å². The largest absolute Gasteiger partial charge is 0.370 e. The molecule has 1 fully saturated rings. The Hall–Kier alpha value is -1.51. The quantitative estimate of drug-likeness (QED) is 0.667. The van der Waals surface area contributed by atoms with Crippen LogP contribution >= 0.6 is 0 Å². The SMILES string of the molecule is Cc1cc(C)c(CCN=C(N)N(C)C2CC2)c(C)c1. The van der Waals surface area contributed by atoms with Crippen molar-refractivity contribution >= 4 is 5.96 Å². The van der Waals surface area contributed by atoms with Crippen molar-refractivity contribution in [1.82, 2.24) is 4.90 Å². The monoisotopic (exact) mass is 259 g/mol. The van der Waals surface area contributed by atoms with Crippen LogP contribution < -0.4 is 5.73 Å². The van der Waals surface area contributed by atoms with Gasteiger partial charge in [0.25, 0.3) is 0 Å². The zero-order valence-electron chi connectivity index (χ0n) is 12.5. The third-order valence-corrected chi connectivity index (χ3v) is 3.93. The molecule has 1 aliphatic carbocycles. The summed E-state index contributed by atoms with van der Waals surface area (Å²) in [7, 11) is 2.04. The van der Waals surface area contributed by atoms with Crippen molar-refractivity contribution < 1.29 is 0 Å². The molecular formula is C16H25N3. The number of hydrogen-bond donors (Lipinski definition) is 1. The van der Waals surface area contributed by atoms with Gasteiger partial charge in [-0.1, -0.05) is 17.7 Å². The molecule has 3 nitrogen and oxygen atoms in total. The lowest BCUT2D eigenvalue weighted by atomic mass is 9.97. The van der Waals surface area contributed by atoms with Crippen molar-refractivity contribution in [2.75, 3.05) is 13.6 Å². The minimum absolute atomic E-state index is 0.631. The van der Waals surface area contributed by atoms with E-state index in [0.717, 1.165) is 13.0 Å². The summed E-state index contributed by atoms with van der Waals surface area (Å²) >= 11 is 0. The fraction of sp³-hybridized carbons (Fsp3) is 0.562. The number of guanidine groups is 1. The molecule has 0 aliphatic heterocycles. The Labute approximate surface area is 116 Å². The third-order valence-electron chi connectivity index (χ3n) is 3.93. The highest BCUT2D eigenvalue weighted by molar-refractivity contribution is 5.78. The average molecular weight is 259 g/mol. The van der Waals surface area contributed by atoms with Crippen molar-refractivity contribution in [2.45, 2.75) is 46.1 Å². The Bertz CT molecular complexity index is 464. The minimum atomic E-state index is 0.631. The highest BCUT2D eigenvalue weighted by atomic mass is 15.3. The maximum atomic E-state index is 6.00. The fourth-order valence-corrected chi connectivity index (χ4v) is 2.65. The van der Waals surface area contributed by atoms with Gasteiger partial charge >= 0.3 is 0 Å². The highest BCUT2D eigenvalue weighted by Crippen LogP contribution is 2.24. The van der Waals surface area contributed by atoms with E-state index >= 15 is 0 Å². The normalized spacial score (nSPS) is 15.7. The summed E-state index contributed by atoms with van der Waals surface area (Å²) in [4.78, 5) is 6.61. The summed E-state index contributed by atoms with van der Waals surface area (Å²) in [5.74, 6) is 0.685. The second kappa shape index (κ2) is 5.64. The van der Waals surface area contributed by atoms with Crippen LogP contribution in [0.15, 0.2) is 17.1 Å². The number of nitrogens with zero attached hydrogens (tertiary/aromatic N) is 2. The summed E-state index contributed by atoms with van der Waals surface area (Å²) < 4.78 is 0. The van der Waals surface area contributed by atoms with E-state index in [4.69, 9.17) is 5.73 Å². The van der Waals surface area contributed by atoms with Gasteiger partial charge in [-0.3, -0.25) is 4.99 Å². The molecule has 0 spiro atoms. The molecule has 2 rings (SSSR count). The van der Waals surface area contributed by atoms with E-state index in [9.17, 15) is 0 Å². The molecule has 1 aromatic rings. The van der Waals surface area contributed by atoms with Crippen molar-refractivity contribution in [2.24, 2.45) is 10.7 Å². The molecule has 1 saturated carbocycles. The molecule has 2 N–H and O–H groups in total. The van der Waals surface area contributed by atoms with Crippen molar-refractivity contribution in [1.29, 1.82) is 0 Å². The molecule has 0 heterocycles. The van der Waals surface area contributed by atoms with E-state index in [1.54, 1.807) is 0 Å². The zero-order chi connectivity index (χ0) is 14.0. The van der Waals surface area contributed by atoms with Gasteiger partial charge in [-0.2, -0.15) is 0 Å². The van der Waals surface area contributed by atoms with Crippen molar-refractivity contribution in [3.05, 3.63) is 34.4 Å². The first-order chi connectivity index (χ1) is 8.99. The molecule has 0 radical (unpaired) electrons. The van der Waals surface area contributed by atoms with Gasteiger partial charge in [0.1, 0.15) is 0 Å². The molecule has 3 heteroatoms. The number of aryl methyl sites for hydroxylation is 3. The highest BCUT2D eigenvalue weighted by Gasteiger charge is 2.27. The number of rotatable bonds is 4. The predicted molar refractivity (Wildman–Crippen MR) is 81.6 cm³/mol. The van der Waals surface area contributed by atoms with Crippen LogP contribution in [0.2, 0.25) is 0 Å². The Morgan fingerprint density at radius 3 is 2.37 bits per heavy atom. The first-order valence-electron chi connectivity index (χ1n) is 7.08. The maximum Gasteiger partial charge on any atom is 0.191 e. The van der Waals surface area contributed by atoms with Gasteiger partial charge in [-0.05, 0) is 56.7 Å². The molecule has 0 atom stereocenters. The zero-order valence-corrected chi connectivity index (χ0v) is 12.5. The van der Waals surface area contributed by atoms with Gasteiger partial charge in [0.2, 0.25) is 0 Å². The smallest absolute Gasteiger partial charge is 0.191 e. The van der Waals surface area contributed by atoms with Crippen molar-refractivity contribution in [3.63, 3.8) is 0 Å². The van der Waals surface area contributed by atoms with Crippen LogP contribution in [-0.4, -0.2) is 30.5 Å². The molecule has 0 unspecified atom stereocenters. The van der Waals surface area contributed by atoms with E-state index < -0.39 is 0 Å². The lowest BCUT2D eigenvalue weighted by Gasteiger charge is -2.17. The summed E-state index contributed by atoms with van der Waals surface area (Å²) in [5.41, 5.74) is 11.5. The van der Waals surface area contributed by atoms with Crippen LogP contribution in [0.3, 0.4) is 0 Å². The van der Waals surface area contributed by atoms with Gasteiger partial charge < -0.3 is 10.6 Å². The number of nitrogens with two attached hydrogens (primary N) is 1. The van der Waals surface area contributed by atoms with Crippen LogP contribution in [0.5, 0.6) is 0 Å². The molecule has 19 heavy (non-hydrogen) atoms. The summed E-state index contributed by atoms with van der Waals surface area (Å²) in [6.07, 6.45) is 3.48. The van der Waals surface area contributed by atoms with Crippen LogP contribution in [-0.2, 0) is 6.42 Å². The summed E-state index contributed by atoms with van der Waals surface area (Å²) in [5, 5.41) is 0. The Morgan fingerprint density at radius 1 is 1.26 bits per heavy atom. The van der Waals surface area contributed by atoms with Gasteiger partial charge in [-0.15, -0.1) is 0 Å². The third kappa shape index (κ3) is 3.49. The molecule has 0 saturated heterocycles. The van der Waals surface area contributed by atoms with Gasteiger partial charge in [0.15, 0.2) is 5.96 Å².